The number of carbonyl (C=O) groups is 1. The highest BCUT2D eigenvalue weighted by atomic mass is 16.5. The molecule has 0 aliphatic carbocycles. The van der Waals surface area contributed by atoms with Gasteiger partial charge < -0.3 is 14.8 Å². The lowest BCUT2D eigenvalue weighted by Gasteiger charge is -2.10. The van der Waals surface area contributed by atoms with Crippen LogP contribution in [0.3, 0.4) is 0 Å². The first kappa shape index (κ1) is 14.5. The van der Waals surface area contributed by atoms with Crippen molar-refractivity contribution in [2.45, 2.75) is 19.8 Å². The Bertz CT molecular complexity index is 391. The first-order chi connectivity index (χ1) is 8.67. The van der Waals surface area contributed by atoms with Gasteiger partial charge in [0.15, 0.2) is 0 Å². The van der Waals surface area contributed by atoms with Gasteiger partial charge in [-0.2, -0.15) is 0 Å². The topological polar surface area (TPSA) is 47.6 Å². The Labute approximate surface area is 108 Å². The molecule has 1 N–H and O–H groups in total. The quantitative estimate of drug-likeness (QED) is 0.716. The van der Waals surface area contributed by atoms with Gasteiger partial charge in [-0.15, -0.1) is 0 Å². The van der Waals surface area contributed by atoms with Crippen molar-refractivity contribution < 1.29 is 14.3 Å². The zero-order valence-electron chi connectivity index (χ0n) is 11.3. The van der Waals surface area contributed by atoms with Crippen molar-refractivity contribution in [3.8, 4) is 11.5 Å². The number of benzene rings is 1. The SMILES string of the molecule is COc1ccc(CCNCCC(C)=O)c(OC)c1. The molecule has 0 amide bonds. The standard InChI is InChI=1S/C14H21NO3/c1-11(16)6-8-15-9-7-12-4-5-13(17-2)10-14(12)18-3/h4-5,10,15H,6-9H2,1-3H3. The van der Waals surface area contributed by atoms with E-state index >= 15 is 0 Å². The fraction of sp³-hybridized carbons (Fsp3) is 0.500. The molecular formula is C14H21NO3. The van der Waals surface area contributed by atoms with Crippen LogP contribution in [0.5, 0.6) is 11.5 Å². The van der Waals surface area contributed by atoms with Gasteiger partial charge in [-0.1, -0.05) is 6.07 Å². The van der Waals surface area contributed by atoms with Crippen LogP contribution in [0.15, 0.2) is 18.2 Å². The van der Waals surface area contributed by atoms with Gasteiger partial charge in [0.05, 0.1) is 14.2 Å². The minimum atomic E-state index is 0.213. The lowest BCUT2D eigenvalue weighted by atomic mass is 10.1. The molecule has 4 nitrogen and oxygen atoms in total. The maximum absolute atomic E-state index is 10.8. The van der Waals surface area contributed by atoms with E-state index in [9.17, 15) is 4.79 Å². The Morgan fingerprint density at radius 2 is 2.00 bits per heavy atom. The molecule has 0 saturated heterocycles. The molecule has 4 heteroatoms. The summed E-state index contributed by atoms with van der Waals surface area (Å²) in [6.07, 6.45) is 1.45. The van der Waals surface area contributed by atoms with E-state index in [0.717, 1.165) is 36.6 Å². The maximum Gasteiger partial charge on any atom is 0.131 e. The molecule has 1 aromatic carbocycles. The highest BCUT2D eigenvalue weighted by molar-refractivity contribution is 5.75. The molecule has 1 rings (SSSR count). The van der Waals surface area contributed by atoms with Crippen LogP contribution in [-0.2, 0) is 11.2 Å². The highest BCUT2D eigenvalue weighted by Crippen LogP contribution is 2.24. The van der Waals surface area contributed by atoms with Crippen LogP contribution in [0.25, 0.3) is 0 Å². The van der Waals surface area contributed by atoms with Gasteiger partial charge in [-0.3, -0.25) is 4.79 Å². The monoisotopic (exact) mass is 251 g/mol. The number of hydrogen-bond donors (Lipinski definition) is 1. The van der Waals surface area contributed by atoms with Gasteiger partial charge >= 0.3 is 0 Å². The van der Waals surface area contributed by atoms with E-state index in [1.54, 1.807) is 21.1 Å². The minimum absolute atomic E-state index is 0.213. The molecule has 0 heterocycles. The maximum atomic E-state index is 10.8. The van der Waals surface area contributed by atoms with Gasteiger partial charge in [0.1, 0.15) is 17.3 Å². The zero-order chi connectivity index (χ0) is 13.4. The van der Waals surface area contributed by atoms with Crippen molar-refractivity contribution >= 4 is 5.78 Å². The van der Waals surface area contributed by atoms with E-state index in [1.165, 1.54) is 0 Å². The van der Waals surface area contributed by atoms with Crippen LogP contribution in [0.1, 0.15) is 18.9 Å². The molecule has 0 aromatic heterocycles. The number of carbonyl (C=O) groups excluding carboxylic acids is 1. The van der Waals surface area contributed by atoms with E-state index in [2.05, 4.69) is 5.32 Å². The number of nitrogens with one attached hydrogen (secondary N) is 1. The average Bonchev–Trinajstić information content (AvgIpc) is 2.38. The Kier molecular flexibility index (Phi) is 6.22. The van der Waals surface area contributed by atoms with E-state index in [0.29, 0.717) is 6.42 Å². The van der Waals surface area contributed by atoms with Crippen molar-refractivity contribution in [1.82, 2.24) is 5.32 Å². The molecule has 0 spiro atoms. The number of methoxy groups -OCH3 is 2. The second-order valence-corrected chi connectivity index (χ2v) is 4.13. The van der Waals surface area contributed by atoms with E-state index in [1.807, 2.05) is 18.2 Å². The molecule has 0 atom stereocenters. The second kappa shape index (κ2) is 7.71. The summed E-state index contributed by atoms with van der Waals surface area (Å²) in [4.78, 5) is 10.8. The van der Waals surface area contributed by atoms with Crippen LogP contribution < -0.4 is 14.8 Å². The third-order valence-corrected chi connectivity index (χ3v) is 2.72. The Morgan fingerprint density at radius 1 is 1.22 bits per heavy atom. The number of ketones is 1. The van der Waals surface area contributed by atoms with Gasteiger partial charge in [0, 0.05) is 19.0 Å². The molecule has 100 valence electrons. The number of hydrogen-bond acceptors (Lipinski definition) is 4. The molecule has 0 radical (unpaired) electrons. The van der Waals surface area contributed by atoms with Crippen LogP contribution in [0.2, 0.25) is 0 Å². The summed E-state index contributed by atoms with van der Waals surface area (Å²) in [7, 11) is 3.29. The van der Waals surface area contributed by atoms with Crippen molar-refractivity contribution in [2.24, 2.45) is 0 Å². The summed E-state index contributed by atoms with van der Waals surface area (Å²) < 4.78 is 10.5. The first-order valence-corrected chi connectivity index (χ1v) is 6.08. The fourth-order valence-corrected chi connectivity index (χ4v) is 1.67. The summed E-state index contributed by atoms with van der Waals surface area (Å²) in [5.41, 5.74) is 1.13. The molecule has 0 fully saturated rings. The normalized spacial score (nSPS) is 10.2. The van der Waals surface area contributed by atoms with E-state index in [4.69, 9.17) is 9.47 Å². The smallest absolute Gasteiger partial charge is 0.131 e. The summed E-state index contributed by atoms with van der Waals surface area (Å²) >= 11 is 0. The molecule has 0 saturated carbocycles. The number of Topliss-reactive ketones (excluding diaryl/α,β-unsaturated/α-hetero) is 1. The van der Waals surface area contributed by atoms with Gasteiger partial charge in [-0.25, -0.2) is 0 Å². The average molecular weight is 251 g/mol. The second-order valence-electron chi connectivity index (χ2n) is 4.13. The zero-order valence-corrected chi connectivity index (χ0v) is 11.3. The van der Waals surface area contributed by atoms with E-state index in [-0.39, 0.29) is 5.78 Å². The lowest BCUT2D eigenvalue weighted by molar-refractivity contribution is -0.116. The lowest BCUT2D eigenvalue weighted by Crippen LogP contribution is -2.20. The summed E-state index contributed by atoms with van der Waals surface area (Å²) in [5.74, 6) is 1.84. The number of ether oxygens (including phenoxy) is 2. The van der Waals surface area contributed by atoms with Gasteiger partial charge in [0.2, 0.25) is 0 Å². The third kappa shape index (κ3) is 4.75. The summed E-state index contributed by atoms with van der Waals surface area (Å²) in [6.45, 7) is 3.16. The Morgan fingerprint density at radius 3 is 2.61 bits per heavy atom. The fourth-order valence-electron chi connectivity index (χ4n) is 1.67. The summed E-state index contributed by atoms with van der Waals surface area (Å²) in [5, 5.41) is 3.24. The molecule has 0 aliphatic heterocycles. The molecule has 0 unspecified atom stereocenters. The van der Waals surface area contributed by atoms with Gasteiger partial charge in [-0.05, 0) is 31.5 Å². The third-order valence-electron chi connectivity index (χ3n) is 2.72. The first-order valence-electron chi connectivity index (χ1n) is 6.08. The van der Waals surface area contributed by atoms with E-state index < -0.39 is 0 Å². The van der Waals surface area contributed by atoms with Crippen molar-refractivity contribution in [2.75, 3.05) is 27.3 Å². The van der Waals surface area contributed by atoms with Crippen LogP contribution in [0.4, 0.5) is 0 Å². The predicted molar refractivity (Wildman–Crippen MR) is 71.4 cm³/mol. The van der Waals surface area contributed by atoms with Crippen molar-refractivity contribution in [3.63, 3.8) is 0 Å². The molecule has 0 aliphatic rings. The van der Waals surface area contributed by atoms with Crippen LogP contribution in [0, 0.1) is 0 Å². The predicted octanol–water partition coefficient (Wildman–Crippen LogP) is 1.82. The molecule has 18 heavy (non-hydrogen) atoms. The van der Waals surface area contributed by atoms with Gasteiger partial charge in [0.25, 0.3) is 0 Å². The summed E-state index contributed by atoms with van der Waals surface area (Å²) in [6, 6.07) is 5.81. The highest BCUT2D eigenvalue weighted by Gasteiger charge is 2.04. The van der Waals surface area contributed by atoms with Crippen LogP contribution in [-0.4, -0.2) is 33.1 Å². The Hall–Kier alpha value is -1.55. The minimum Gasteiger partial charge on any atom is -0.497 e. The van der Waals surface area contributed by atoms with Crippen molar-refractivity contribution in [1.29, 1.82) is 0 Å². The molecular weight excluding hydrogens is 230 g/mol. The van der Waals surface area contributed by atoms with Crippen molar-refractivity contribution in [3.05, 3.63) is 23.8 Å². The Balaban J connectivity index is 2.44. The number of rotatable bonds is 8. The molecule has 0 bridgehead atoms. The van der Waals surface area contributed by atoms with Crippen LogP contribution >= 0.6 is 0 Å². The molecule has 1 aromatic rings. The largest absolute Gasteiger partial charge is 0.497 e.